The van der Waals surface area contributed by atoms with E-state index in [-0.39, 0.29) is 0 Å². The number of aliphatic imine (C=N–C) groups is 1. The second-order valence-electron chi connectivity index (χ2n) is 5.75. The maximum Gasteiger partial charge on any atom is 0.157 e. The van der Waals surface area contributed by atoms with Gasteiger partial charge in [-0.05, 0) is 24.7 Å². The molecule has 0 bridgehead atoms. The lowest BCUT2D eigenvalue weighted by Crippen LogP contribution is -2.40. The summed E-state index contributed by atoms with van der Waals surface area (Å²) >= 11 is 1.96. The number of nitrogens with zero attached hydrogens (tertiary/aromatic N) is 1. The zero-order valence-electron chi connectivity index (χ0n) is 10.8. The molecule has 3 heteroatoms. The van der Waals surface area contributed by atoms with Crippen LogP contribution in [-0.4, -0.2) is 23.0 Å². The maximum atomic E-state index is 4.63. The summed E-state index contributed by atoms with van der Waals surface area (Å²) < 4.78 is 0. The Hall–Kier alpha value is -0.180. The summed E-state index contributed by atoms with van der Waals surface area (Å²) in [7, 11) is 0. The van der Waals surface area contributed by atoms with E-state index < -0.39 is 0 Å². The molecule has 1 saturated carbocycles. The highest BCUT2D eigenvalue weighted by atomic mass is 32.2. The van der Waals surface area contributed by atoms with Gasteiger partial charge in [0.25, 0.3) is 0 Å². The lowest BCUT2D eigenvalue weighted by Gasteiger charge is -2.28. The van der Waals surface area contributed by atoms with Crippen LogP contribution in [0.5, 0.6) is 0 Å². The monoisotopic (exact) mass is 240 g/mol. The van der Waals surface area contributed by atoms with Crippen LogP contribution in [0.15, 0.2) is 4.99 Å². The molecule has 0 spiro atoms. The summed E-state index contributed by atoms with van der Waals surface area (Å²) in [6, 6.07) is 0.638. The predicted molar refractivity (Wildman–Crippen MR) is 73.1 cm³/mol. The van der Waals surface area contributed by atoms with E-state index >= 15 is 0 Å². The summed E-state index contributed by atoms with van der Waals surface area (Å²) in [4.78, 5) is 4.63. The Morgan fingerprint density at radius 3 is 2.94 bits per heavy atom. The Balaban J connectivity index is 1.83. The van der Waals surface area contributed by atoms with Crippen molar-refractivity contribution in [2.45, 2.75) is 64.2 Å². The van der Waals surface area contributed by atoms with Crippen molar-refractivity contribution in [3.05, 3.63) is 0 Å². The zero-order valence-corrected chi connectivity index (χ0v) is 11.6. The molecule has 1 N–H and O–H groups in total. The van der Waals surface area contributed by atoms with Gasteiger partial charge in [0.2, 0.25) is 0 Å². The van der Waals surface area contributed by atoms with E-state index in [0.29, 0.717) is 11.5 Å². The first kappa shape index (κ1) is 12.3. The van der Waals surface area contributed by atoms with Gasteiger partial charge < -0.3 is 5.32 Å². The molecular weight excluding hydrogens is 216 g/mol. The van der Waals surface area contributed by atoms with E-state index in [0.717, 1.165) is 11.8 Å². The van der Waals surface area contributed by atoms with Gasteiger partial charge in [-0.2, -0.15) is 0 Å². The normalized spacial score (nSPS) is 32.8. The van der Waals surface area contributed by atoms with Gasteiger partial charge in [0, 0.05) is 11.3 Å². The van der Waals surface area contributed by atoms with Crippen LogP contribution in [0.2, 0.25) is 0 Å². The minimum Gasteiger partial charge on any atom is -0.362 e. The molecule has 0 radical (unpaired) electrons. The Labute approximate surface area is 104 Å². The van der Waals surface area contributed by atoms with Crippen LogP contribution < -0.4 is 5.32 Å². The molecule has 0 aromatic carbocycles. The molecule has 92 valence electrons. The Morgan fingerprint density at radius 2 is 2.31 bits per heavy atom. The van der Waals surface area contributed by atoms with Crippen molar-refractivity contribution in [1.82, 2.24) is 5.32 Å². The quantitative estimate of drug-likeness (QED) is 0.817. The third-order valence-electron chi connectivity index (χ3n) is 3.88. The molecule has 1 heterocycles. The molecule has 16 heavy (non-hydrogen) atoms. The second-order valence-corrected chi connectivity index (χ2v) is 7.04. The van der Waals surface area contributed by atoms with E-state index in [1.165, 1.54) is 37.3 Å². The Bertz CT molecular complexity index is 273. The van der Waals surface area contributed by atoms with Gasteiger partial charge in [0.15, 0.2) is 5.17 Å². The first-order valence-corrected chi connectivity index (χ1v) is 7.47. The number of hydrogen-bond acceptors (Lipinski definition) is 3. The van der Waals surface area contributed by atoms with Crippen LogP contribution in [0.25, 0.3) is 0 Å². The van der Waals surface area contributed by atoms with E-state index in [4.69, 9.17) is 0 Å². The zero-order chi connectivity index (χ0) is 11.6. The second kappa shape index (κ2) is 4.99. The Kier molecular flexibility index (Phi) is 3.83. The highest BCUT2D eigenvalue weighted by Crippen LogP contribution is 2.38. The van der Waals surface area contributed by atoms with Crippen molar-refractivity contribution in [3.8, 4) is 0 Å². The molecule has 1 aliphatic heterocycles. The molecule has 1 fully saturated rings. The number of hydrogen-bond donors (Lipinski definition) is 1. The third-order valence-corrected chi connectivity index (χ3v) is 5.07. The van der Waals surface area contributed by atoms with Crippen LogP contribution in [0.3, 0.4) is 0 Å². The molecule has 2 atom stereocenters. The van der Waals surface area contributed by atoms with Gasteiger partial charge in [-0.3, -0.25) is 4.99 Å². The van der Waals surface area contributed by atoms with Gasteiger partial charge in [-0.15, -0.1) is 0 Å². The molecule has 2 aliphatic rings. The van der Waals surface area contributed by atoms with Crippen LogP contribution in [0, 0.1) is 5.41 Å². The summed E-state index contributed by atoms with van der Waals surface area (Å²) in [5.74, 6) is 0. The number of amidine groups is 1. The fourth-order valence-electron chi connectivity index (χ4n) is 2.71. The molecular formula is C13H24N2S. The largest absolute Gasteiger partial charge is 0.362 e. The number of nitrogens with one attached hydrogen (secondary N) is 1. The minimum atomic E-state index is 0.450. The molecule has 2 unspecified atom stereocenters. The third kappa shape index (κ3) is 2.73. The lowest BCUT2D eigenvalue weighted by atomic mass is 9.87. The van der Waals surface area contributed by atoms with Gasteiger partial charge in [-0.25, -0.2) is 0 Å². The first-order chi connectivity index (χ1) is 7.62. The summed E-state index contributed by atoms with van der Waals surface area (Å²) in [6.45, 7) is 8.03. The van der Waals surface area contributed by atoms with Crippen molar-refractivity contribution in [2.24, 2.45) is 10.4 Å². The first-order valence-electron chi connectivity index (χ1n) is 6.59. The smallest absolute Gasteiger partial charge is 0.157 e. The van der Waals surface area contributed by atoms with Gasteiger partial charge in [-0.1, -0.05) is 45.4 Å². The molecule has 0 amide bonds. The molecule has 2 nitrogen and oxygen atoms in total. The maximum absolute atomic E-state index is 4.63. The molecule has 1 aliphatic carbocycles. The predicted octanol–water partition coefficient (Wildman–Crippen LogP) is 3.43. The number of rotatable bonds is 3. The molecule has 0 aromatic heterocycles. The van der Waals surface area contributed by atoms with Crippen LogP contribution >= 0.6 is 11.8 Å². The standard InChI is InChI=1S/C13H24N2S/c1-4-6-10-9-14-12(16-10)15-11-7-5-8-13(11,2)3/h10-11H,4-9H2,1-3H3,(H,14,15). The molecule has 2 rings (SSSR count). The van der Waals surface area contributed by atoms with Gasteiger partial charge in [0.05, 0.1) is 6.54 Å². The summed E-state index contributed by atoms with van der Waals surface area (Å²) in [6.07, 6.45) is 6.59. The fraction of sp³-hybridized carbons (Fsp3) is 0.923. The SMILES string of the molecule is CCCC1CN=C(NC2CCCC2(C)C)S1. The van der Waals surface area contributed by atoms with Crippen LogP contribution in [-0.2, 0) is 0 Å². The minimum absolute atomic E-state index is 0.450. The van der Waals surface area contributed by atoms with E-state index in [1.807, 2.05) is 11.8 Å². The van der Waals surface area contributed by atoms with E-state index in [9.17, 15) is 0 Å². The van der Waals surface area contributed by atoms with Crippen molar-refractivity contribution in [2.75, 3.05) is 6.54 Å². The molecule has 0 saturated heterocycles. The van der Waals surface area contributed by atoms with Gasteiger partial charge >= 0.3 is 0 Å². The van der Waals surface area contributed by atoms with Crippen LogP contribution in [0.4, 0.5) is 0 Å². The summed E-state index contributed by atoms with van der Waals surface area (Å²) in [5, 5.41) is 5.61. The topological polar surface area (TPSA) is 24.4 Å². The molecule has 0 aromatic rings. The highest BCUT2D eigenvalue weighted by Gasteiger charge is 2.35. The van der Waals surface area contributed by atoms with Crippen LogP contribution in [0.1, 0.15) is 52.9 Å². The fourth-order valence-corrected chi connectivity index (χ4v) is 3.89. The average molecular weight is 240 g/mol. The van der Waals surface area contributed by atoms with Gasteiger partial charge in [0.1, 0.15) is 0 Å². The van der Waals surface area contributed by atoms with Crippen molar-refractivity contribution >= 4 is 16.9 Å². The number of thioether (sulfide) groups is 1. The van der Waals surface area contributed by atoms with Crippen molar-refractivity contribution < 1.29 is 0 Å². The lowest BCUT2D eigenvalue weighted by molar-refractivity contribution is 0.312. The average Bonchev–Trinajstić information content (AvgIpc) is 2.76. The van der Waals surface area contributed by atoms with E-state index in [1.54, 1.807) is 0 Å². The van der Waals surface area contributed by atoms with Crippen molar-refractivity contribution in [1.29, 1.82) is 0 Å². The van der Waals surface area contributed by atoms with Crippen molar-refractivity contribution in [3.63, 3.8) is 0 Å². The summed E-state index contributed by atoms with van der Waals surface area (Å²) in [5.41, 5.74) is 0.450. The Morgan fingerprint density at radius 1 is 1.50 bits per heavy atom. The highest BCUT2D eigenvalue weighted by molar-refractivity contribution is 8.14. The van der Waals surface area contributed by atoms with E-state index in [2.05, 4.69) is 31.1 Å².